The highest BCUT2D eigenvalue weighted by molar-refractivity contribution is 6.42. The van der Waals surface area contributed by atoms with Crippen molar-refractivity contribution in [3.05, 3.63) is 69.3 Å². The summed E-state index contributed by atoms with van der Waals surface area (Å²) in [6.07, 6.45) is 3.25. The summed E-state index contributed by atoms with van der Waals surface area (Å²) in [5, 5.41) is 5.68. The zero-order valence-electron chi connectivity index (χ0n) is 16.6. The summed E-state index contributed by atoms with van der Waals surface area (Å²) in [6.45, 7) is 5.72. The molecule has 0 saturated carbocycles. The predicted molar refractivity (Wildman–Crippen MR) is 118 cm³/mol. The average molecular weight is 428 g/mol. The van der Waals surface area contributed by atoms with Gasteiger partial charge in [0.1, 0.15) is 5.69 Å². The zero-order valence-corrected chi connectivity index (χ0v) is 18.1. The van der Waals surface area contributed by atoms with E-state index in [2.05, 4.69) is 26.0 Å². The molecule has 0 atom stereocenters. The Hall–Kier alpha value is -2.30. The Balaban J connectivity index is 1.82. The van der Waals surface area contributed by atoms with Gasteiger partial charge in [-0.2, -0.15) is 5.10 Å². The average Bonchev–Trinajstić information content (AvgIpc) is 3.17. The summed E-state index contributed by atoms with van der Waals surface area (Å²) in [7, 11) is 0. The van der Waals surface area contributed by atoms with E-state index < -0.39 is 0 Å². The van der Waals surface area contributed by atoms with Crippen LogP contribution >= 0.6 is 23.2 Å². The predicted octanol–water partition coefficient (Wildman–Crippen LogP) is 6.09. The third-order valence-corrected chi connectivity index (χ3v) is 6.26. The fourth-order valence-corrected chi connectivity index (χ4v) is 3.94. The van der Waals surface area contributed by atoms with Crippen LogP contribution in [0, 0.1) is 13.8 Å². The first kappa shape index (κ1) is 20.0. The van der Waals surface area contributed by atoms with Gasteiger partial charge in [-0.25, -0.2) is 4.68 Å². The maximum atomic E-state index is 13.3. The summed E-state index contributed by atoms with van der Waals surface area (Å²) in [6, 6.07) is 13.4. The number of carbonyl (C=O) groups is 1. The van der Waals surface area contributed by atoms with Gasteiger partial charge in [0.15, 0.2) is 0 Å². The van der Waals surface area contributed by atoms with E-state index in [9.17, 15) is 4.79 Å². The molecule has 1 aromatic heterocycles. The lowest BCUT2D eigenvalue weighted by Gasteiger charge is -2.26. The third-order valence-electron chi connectivity index (χ3n) is 5.52. The number of carbonyl (C=O) groups excluding carboxylic acids is 1. The van der Waals surface area contributed by atoms with Crippen LogP contribution in [0.2, 0.25) is 10.0 Å². The van der Waals surface area contributed by atoms with Crippen molar-refractivity contribution in [1.82, 2.24) is 14.7 Å². The van der Waals surface area contributed by atoms with Crippen LogP contribution in [0.25, 0.3) is 16.9 Å². The Morgan fingerprint density at radius 1 is 0.897 bits per heavy atom. The highest BCUT2D eigenvalue weighted by atomic mass is 35.5. The first-order valence-corrected chi connectivity index (χ1v) is 10.6. The second kappa shape index (κ2) is 8.21. The van der Waals surface area contributed by atoms with Crippen molar-refractivity contribution in [3.63, 3.8) is 0 Å². The quantitative estimate of drug-likeness (QED) is 0.507. The second-order valence-corrected chi connectivity index (χ2v) is 8.39. The van der Waals surface area contributed by atoms with Crippen LogP contribution in [0.3, 0.4) is 0 Å². The van der Waals surface area contributed by atoms with E-state index in [1.54, 1.807) is 16.8 Å². The number of piperidine rings is 1. The molecule has 3 aromatic rings. The Morgan fingerprint density at radius 3 is 2.34 bits per heavy atom. The van der Waals surface area contributed by atoms with E-state index in [0.717, 1.165) is 42.9 Å². The van der Waals surface area contributed by atoms with Crippen LogP contribution in [0.15, 0.2) is 42.5 Å². The number of benzene rings is 2. The Morgan fingerprint density at radius 2 is 1.66 bits per heavy atom. The van der Waals surface area contributed by atoms with Gasteiger partial charge in [-0.15, -0.1) is 0 Å². The highest BCUT2D eigenvalue weighted by Crippen LogP contribution is 2.28. The standard InChI is InChI=1S/C23H23Cl2N3O/c1-15-6-7-17(12-16(15)2)21-14-22(23(29)27-10-4-3-5-11-27)28(26-21)18-8-9-19(24)20(25)13-18/h6-9,12-14H,3-5,10-11H2,1-2H3. The fraction of sp³-hybridized carbons (Fsp3) is 0.304. The SMILES string of the molecule is Cc1ccc(-c2cc(C(=O)N3CCCCC3)n(-c3ccc(Cl)c(Cl)c3)n2)cc1C. The molecule has 150 valence electrons. The molecule has 1 amide bonds. The highest BCUT2D eigenvalue weighted by Gasteiger charge is 2.24. The van der Waals surface area contributed by atoms with Gasteiger partial charge in [0.2, 0.25) is 0 Å². The molecule has 0 radical (unpaired) electrons. The van der Waals surface area contributed by atoms with E-state index >= 15 is 0 Å². The van der Waals surface area contributed by atoms with Gasteiger partial charge in [0.25, 0.3) is 5.91 Å². The lowest BCUT2D eigenvalue weighted by atomic mass is 10.0. The van der Waals surface area contributed by atoms with Crippen molar-refractivity contribution in [1.29, 1.82) is 0 Å². The number of nitrogens with zero attached hydrogens (tertiary/aromatic N) is 3. The van der Waals surface area contributed by atoms with Gasteiger partial charge in [-0.3, -0.25) is 4.79 Å². The minimum Gasteiger partial charge on any atom is -0.337 e. The summed E-state index contributed by atoms with van der Waals surface area (Å²) in [4.78, 5) is 15.2. The molecular weight excluding hydrogens is 405 g/mol. The van der Waals surface area contributed by atoms with E-state index in [0.29, 0.717) is 15.7 Å². The molecule has 1 aliphatic rings. The van der Waals surface area contributed by atoms with Crippen LogP contribution in [0.5, 0.6) is 0 Å². The van der Waals surface area contributed by atoms with E-state index in [-0.39, 0.29) is 5.91 Å². The topological polar surface area (TPSA) is 38.1 Å². The minimum atomic E-state index is -0.00152. The molecule has 0 bridgehead atoms. The number of rotatable bonds is 3. The van der Waals surface area contributed by atoms with Gasteiger partial charge >= 0.3 is 0 Å². The summed E-state index contributed by atoms with van der Waals surface area (Å²) < 4.78 is 1.68. The summed E-state index contributed by atoms with van der Waals surface area (Å²) in [5.41, 5.74) is 5.42. The molecule has 4 nitrogen and oxygen atoms in total. The first-order chi connectivity index (χ1) is 13.9. The molecular formula is C23H23Cl2N3O. The fourth-order valence-electron chi connectivity index (χ4n) is 3.65. The maximum Gasteiger partial charge on any atom is 0.272 e. The molecule has 2 aromatic carbocycles. The molecule has 2 heterocycles. The van der Waals surface area contributed by atoms with Gasteiger partial charge in [0, 0.05) is 18.7 Å². The number of likely N-dealkylation sites (tertiary alicyclic amines) is 1. The third kappa shape index (κ3) is 4.05. The Bertz CT molecular complexity index is 1070. The lowest BCUT2D eigenvalue weighted by molar-refractivity contribution is 0.0715. The molecule has 1 fully saturated rings. The van der Waals surface area contributed by atoms with Gasteiger partial charge < -0.3 is 4.90 Å². The van der Waals surface area contributed by atoms with Crippen LogP contribution in [0.4, 0.5) is 0 Å². The molecule has 0 spiro atoms. The molecule has 0 aliphatic carbocycles. The van der Waals surface area contributed by atoms with Crippen molar-refractivity contribution >= 4 is 29.1 Å². The van der Waals surface area contributed by atoms with Crippen LogP contribution in [-0.4, -0.2) is 33.7 Å². The van der Waals surface area contributed by atoms with Crippen molar-refractivity contribution in [2.45, 2.75) is 33.1 Å². The molecule has 0 unspecified atom stereocenters. The molecule has 29 heavy (non-hydrogen) atoms. The number of hydrogen-bond donors (Lipinski definition) is 0. The number of aromatic nitrogens is 2. The second-order valence-electron chi connectivity index (χ2n) is 7.58. The van der Waals surface area contributed by atoms with Crippen LogP contribution in [0.1, 0.15) is 40.9 Å². The molecule has 6 heteroatoms. The first-order valence-electron chi connectivity index (χ1n) is 9.86. The smallest absolute Gasteiger partial charge is 0.272 e. The van der Waals surface area contributed by atoms with Crippen molar-refractivity contribution < 1.29 is 4.79 Å². The molecule has 1 saturated heterocycles. The molecule has 0 N–H and O–H groups in total. The molecule has 1 aliphatic heterocycles. The van der Waals surface area contributed by atoms with Gasteiger partial charge in [0.05, 0.1) is 21.4 Å². The van der Waals surface area contributed by atoms with Crippen LogP contribution < -0.4 is 0 Å². The molecule has 4 rings (SSSR count). The van der Waals surface area contributed by atoms with Crippen molar-refractivity contribution in [2.75, 3.05) is 13.1 Å². The number of amides is 1. The van der Waals surface area contributed by atoms with Crippen molar-refractivity contribution in [2.24, 2.45) is 0 Å². The zero-order chi connectivity index (χ0) is 20.5. The van der Waals surface area contributed by atoms with Gasteiger partial charge in [-0.1, -0.05) is 35.3 Å². The van der Waals surface area contributed by atoms with E-state index in [1.165, 1.54) is 17.5 Å². The summed E-state index contributed by atoms with van der Waals surface area (Å²) in [5.74, 6) is -0.00152. The van der Waals surface area contributed by atoms with Gasteiger partial charge in [-0.05, 0) is 74.6 Å². The number of halogens is 2. The minimum absolute atomic E-state index is 0.00152. The number of hydrogen-bond acceptors (Lipinski definition) is 2. The largest absolute Gasteiger partial charge is 0.337 e. The van der Waals surface area contributed by atoms with E-state index in [4.69, 9.17) is 28.3 Å². The van der Waals surface area contributed by atoms with E-state index in [1.807, 2.05) is 23.1 Å². The lowest BCUT2D eigenvalue weighted by Crippen LogP contribution is -2.36. The van der Waals surface area contributed by atoms with Crippen LogP contribution in [-0.2, 0) is 0 Å². The van der Waals surface area contributed by atoms with Crippen molar-refractivity contribution in [3.8, 4) is 16.9 Å². The normalized spacial score (nSPS) is 14.3. The Kier molecular flexibility index (Phi) is 5.66. The monoisotopic (exact) mass is 427 g/mol. The summed E-state index contributed by atoms with van der Waals surface area (Å²) >= 11 is 12.3. The Labute approximate surface area is 181 Å². The maximum absolute atomic E-state index is 13.3. The number of aryl methyl sites for hydroxylation is 2.